The Morgan fingerprint density at radius 3 is 0.491 bits per heavy atom. The lowest BCUT2D eigenvalue weighted by Gasteiger charge is -2.46. The zero-order valence-corrected chi connectivity index (χ0v) is 24.1. The van der Waals surface area contributed by atoms with Crippen LogP contribution in [-0.4, -0.2) is 83.2 Å². The lowest BCUT2D eigenvalue weighted by Crippen LogP contribution is -2.79. The average molecular weight is 936 g/mol. The van der Waals surface area contributed by atoms with Gasteiger partial charge in [0.05, 0.1) is 0 Å². The molecule has 0 atom stereocenters. The zero-order valence-electron chi connectivity index (χ0n) is 24.1. The first-order valence-corrected chi connectivity index (χ1v) is 12.1. The van der Waals surface area contributed by atoms with Crippen LogP contribution in [0.5, 0.6) is 0 Å². The van der Waals surface area contributed by atoms with Crippen LogP contribution in [0.15, 0.2) is 0 Å². The highest BCUT2D eigenvalue weighted by molar-refractivity contribution is 5.32. The third-order valence-electron chi connectivity index (χ3n) is 7.01. The van der Waals surface area contributed by atoms with Crippen molar-refractivity contribution in [1.29, 1.82) is 0 Å². The van der Waals surface area contributed by atoms with Gasteiger partial charge >= 0.3 is 89.1 Å². The van der Waals surface area contributed by atoms with Crippen LogP contribution in [0.4, 0.5) is 158 Å². The molecule has 0 saturated heterocycles. The number of rotatable bonds is 14. The van der Waals surface area contributed by atoms with E-state index in [-0.39, 0.29) is 0 Å². The molecule has 0 unspecified atom stereocenters. The van der Waals surface area contributed by atoms with Gasteiger partial charge in [-0.3, -0.25) is 0 Å². The highest BCUT2D eigenvalue weighted by Gasteiger charge is 3.01. The maximum atomic E-state index is 14.1. The van der Waals surface area contributed by atoms with Crippen LogP contribution < -0.4 is 0 Å². The minimum absolute atomic E-state index is 3.74. The van der Waals surface area contributed by atoms with Crippen LogP contribution in [0.3, 0.4) is 0 Å². The Kier molecular flexibility index (Phi) is 11.7. The van der Waals surface area contributed by atoms with Crippen LogP contribution >= 0.6 is 0 Å². The van der Waals surface area contributed by atoms with E-state index >= 15 is 0 Å². The summed E-state index contributed by atoms with van der Waals surface area (Å²) in [6.07, 6.45) is -8.43. The fourth-order valence-corrected chi connectivity index (χ4v) is 3.58. The predicted molar refractivity (Wildman–Crippen MR) is 100 cm³/mol. The van der Waals surface area contributed by atoms with Crippen LogP contribution in [-0.2, 0) is 5.92 Å². The van der Waals surface area contributed by atoms with Gasteiger partial charge in [0.2, 0.25) is 5.82 Å². The summed E-state index contributed by atoms with van der Waals surface area (Å²) in [7, 11) is 0. The smallest absolute Gasteiger partial charge is 0.203 e. The molecule has 0 aliphatic carbocycles. The van der Waals surface area contributed by atoms with E-state index in [2.05, 4.69) is 0 Å². The topological polar surface area (TPSA) is 0 Å². The van der Waals surface area contributed by atoms with E-state index in [0.717, 1.165) is 0 Å². The SMILES string of the molecule is Fc1c(F)c(F)c(C(F)(F)C(F)(F)C(F)(F)C(F)(F)C(F)(F)C(F)(F)C(F)(F)C(F)(F)C(F)(F)C(F)(F)C(F)(F)C(F)(F)C(F)(F)C(F)(F)C(F)(F)F)c(F)c1F. The Balaban J connectivity index is 4.13. The summed E-state index contributed by atoms with van der Waals surface area (Å²) >= 11 is 0. The van der Waals surface area contributed by atoms with E-state index in [1.807, 2.05) is 0 Å². The molecule has 1 aromatic rings. The van der Waals surface area contributed by atoms with E-state index in [1.165, 1.54) is 0 Å². The number of halogens is 36. The van der Waals surface area contributed by atoms with Gasteiger partial charge in [-0.15, -0.1) is 0 Å². The van der Waals surface area contributed by atoms with Crippen molar-refractivity contribution in [3.8, 4) is 0 Å². The number of hydrogen-bond donors (Lipinski definition) is 0. The highest BCUT2D eigenvalue weighted by Crippen LogP contribution is 2.70. The minimum atomic E-state index is -10.3. The third-order valence-corrected chi connectivity index (χ3v) is 7.01. The largest absolute Gasteiger partial charge is 0.460 e. The molecule has 0 spiro atoms. The van der Waals surface area contributed by atoms with Gasteiger partial charge < -0.3 is 0 Å². The Bertz CT molecular complexity index is 1660. The predicted octanol–water partition coefficient (Wildman–Crippen LogP) is 12.3. The van der Waals surface area contributed by atoms with E-state index in [9.17, 15) is 158 Å². The average Bonchev–Trinajstić information content (AvgIpc) is 3.00. The molecule has 0 fully saturated rings. The maximum Gasteiger partial charge on any atom is 0.460 e. The van der Waals surface area contributed by atoms with E-state index < -0.39 is 124 Å². The fraction of sp³-hybridized carbons (Fsp3) is 0.714. The van der Waals surface area contributed by atoms with Crippen molar-refractivity contribution < 1.29 is 158 Å². The standard InChI is InChI=1S/C21F36/c22-2-1(3(23)5(25)6(26)4(2)24)7(27,28)8(29,30)9(31,32)10(33,34)11(35,36)12(37,38)13(39,40)14(41,42)15(43,44)16(45,46)17(47,48)18(49,50)19(51,52)20(53,54)21(55,56)57. The van der Waals surface area contributed by atoms with Crippen LogP contribution in [0.1, 0.15) is 5.56 Å². The first-order chi connectivity index (χ1) is 24.2. The molecule has 0 heterocycles. The maximum absolute atomic E-state index is 14.1. The lowest BCUT2D eigenvalue weighted by atomic mass is 9.82. The van der Waals surface area contributed by atoms with E-state index in [0.29, 0.717) is 0 Å². The van der Waals surface area contributed by atoms with E-state index in [4.69, 9.17) is 0 Å². The monoisotopic (exact) mass is 936 g/mol. The molecule has 0 aliphatic heterocycles. The summed E-state index contributed by atoms with van der Waals surface area (Å²) in [6, 6.07) is 0. The Hall–Kier alpha value is -3.30. The van der Waals surface area contributed by atoms with Gasteiger partial charge in [0.25, 0.3) is 0 Å². The van der Waals surface area contributed by atoms with Crippen molar-refractivity contribution in [3.63, 3.8) is 0 Å². The molecule has 0 radical (unpaired) electrons. The summed E-state index contributed by atoms with van der Waals surface area (Å²) in [5.41, 5.74) is -4.84. The van der Waals surface area contributed by atoms with Crippen LogP contribution in [0, 0.1) is 29.1 Å². The summed E-state index contributed by atoms with van der Waals surface area (Å²) in [4.78, 5) is 0. The Morgan fingerprint density at radius 2 is 0.316 bits per heavy atom. The van der Waals surface area contributed by atoms with Crippen LogP contribution in [0.2, 0.25) is 0 Å². The van der Waals surface area contributed by atoms with Gasteiger partial charge in [-0.25, -0.2) is 22.0 Å². The molecule has 0 aromatic heterocycles. The number of hydrogen-bond acceptors (Lipinski definition) is 0. The van der Waals surface area contributed by atoms with Gasteiger partial charge in [-0.2, -0.15) is 136 Å². The molecule has 0 saturated carbocycles. The van der Waals surface area contributed by atoms with Gasteiger partial charge in [0, 0.05) is 0 Å². The first kappa shape index (κ1) is 51.7. The summed E-state index contributed by atoms with van der Waals surface area (Å²) in [6.45, 7) is 0. The molecule has 1 rings (SSSR count). The van der Waals surface area contributed by atoms with Gasteiger partial charge in [-0.05, 0) is 0 Å². The zero-order chi connectivity index (χ0) is 47.0. The van der Waals surface area contributed by atoms with Crippen molar-refractivity contribution in [2.24, 2.45) is 0 Å². The molecule has 0 N–H and O–H groups in total. The molecule has 336 valence electrons. The van der Waals surface area contributed by atoms with Crippen LogP contribution in [0.25, 0.3) is 0 Å². The Labute approximate surface area is 283 Å². The van der Waals surface area contributed by atoms with Crippen molar-refractivity contribution in [2.45, 2.75) is 89.1 Å². The van der Waals surface area contributed by atoms with Crippen molar-refractivity contribution >= 4 is 0 Å². The summed E-state index contributed by atoms with van der Waals surface area (Å²) in [5.74, 6) is -158. The lowest BCUT2D eigenvalue weighted by molar-refractivity contribution is -0.489. The minimum Gasteiger partial charge on any atom is -0.203 e. The second-order valence-corrected chi connectivity index (χ2v) is 10.5. The molecule has 36 heteroatoms. The molecular formula is C21F36. The van der Waals surface area contributed by atoms with Crippen molar-refractivity contribution in [1.82, 2.24) is 0 Å². The van der Waals surface area contributed by atoms with Crippen molar-refractivity contribution in [2.75, 3.05) is 0 Å². The molecular weight excluding hydrogens is 936 g/mol. The number of benzene rings is 1. The van der Waals surface area contributed by atoms with Gasteiger partial charge in [0.15, 0.2) is 23.3 Å². The number of alkyl halides is 31. The second-order valence-electron chi connectivity index (χ2n) is 10.5. The molecule has 0 nitrogen and oxygen atoms in total. The summed E-state index contributed by atoms with van der Waals surface area (Å²) < 4.78 is 488. The normalized spacial score (nSPS) is 16.4. The second kappa shape index (κ2) is 12.8. The molecule has 0 aliphatic rings. The first-order valence-electron chi connectivity index (χ1n) is 12.1. The van der Waals surface area contributed by atoms with Gasteiger partial charge in [-0.1, -0.05) is 0 Å². The fourth-order valence-electron chi connectivity index (χ4n) is 3.58. The summed E-state index contributed by atoms with van der Waals surface area (Å²) in [5, 5.41) is 0. The highest BCUT2D eigenvalue weighted by atomic mass is 19.4. The van der Waals surface area contributed by atoms with Crippen molar-refractivity contribution in [3.05, 3.63) is 34.6 Å². The molecule has 0 bridgehead atoms. The Morgan fingerprint density at radius 1 is 0.175 bits per heavy atom. The van der Waals surface area contributed by atoms with Gasteiger partial charge in [0.1, 0.15) is 5.56 Å². The van der Waals surface area contributed by atoms with E-state index in [1.54, 1.807) is 0 Å². The molecule has 0 amide bonds. The molecule has 57 heavy (non-hydrogen) atoms. The quantitative estimate of drug-likeness (QED) is 0.0991. The molecule has 1 aromatic carbocycles. The third kappa shape index (κ3) is 5.81.